The van der Waals surface area contributed by atoms with E-state index >= 15 is 0 Å². The van der Waals surface area contributed by atoms with Gasteiger partial charge >= 0.3 is 6.03 Å². The van der Waals surface area contributed by atoms with Gasteiger partial charge in [-0.1, -0.05) is 12.2 Å². The molecule has 3 aliphatic rings. The van der Waals surface area contributed by atoms with Crippen LogP contribution < -0.4 is 25.4 Å². The molecule has 1 aromatic carbocycles. The lowest BCUT2D eigenvalue weighted by molar-refractivity contribution is -0.125. The zero-order valence-corrected chi connectivity index (χ0v) is 19.0. The van der Waals surface area contributed by atoms with Gasteiger partial charge < -0.3 is 40.0 Å². The van der Waals surface area contributed by atoms with Gasteiger partial charge in [-0.15, -0.1) is 0 Å². The first kappa shape index (κ1) is 24.3. The Morgan fingerprint density at radius 1 is 1.12 bits per heavy atom. The summed E-state index contributed by atoms with van der Waals surface area (Å²) >= 11 is 0. The van der Waals surface area contributed by atoms with E-state index in [1.54, 1.807) is 30.4 Å². The molecule has 3 heterocycles. The van der Waals surface area contributed by atoms with Crippen LogP contribution in [0.2, 0.25) is 0 Å². The lowest BCUT2D eigenvalue weighted by atomic mass is 10.0. The van der Waals surface area contributed by atoms with Gasteiger partial charge in [0.25, 0.3) is 0 Å². The average molecular weight is 477 g/mol. The maximum absolute atomic E-state index is 12.4. The van der Waals surface area contributed by atoms with E-state index in [1.807, 2.05) is 0 Å². The Balaban J connectivity index is 1.18. The molecule has 0 bridgehead atoms. The van der Waals surface area contributed by atoms with Crippen LogP contribution in [0.4, 0.5) is 10.5 Å². The Labute approximate surface area is 198 Å². The van der Waals surface area contributed by atoms with Crippen molar-refractivity contribution in [3.8, 4) is 11.5 Å². The number of anilines is 1. The van der Waals surface area contributed by atoms with Crippen LogP contribution in [0, 0.1) is 0 Å². The highest BCUT2D eigenvalue weighted by atomic mass is 16.7. The van der Waals surface area contributed by atoms with Gasteiger partial charge in [0, 0.05) is 31.4 Å². The van der Waals surface area contributed by atoms with E-state index in [9.17, 15) is 14.7 Å². The summed E-state index contributed by atoms with van der Waals surface area (Å²) < 4.78 is 21.7. The van der Waals surface area contributed by atoms with Gasteiger partial charge in [-0.05, 0) is 25.1 Å². The van der Waals surface area contributed by atoms with Crippen LogP contribution in [-0.2, 0) is 14.3 Å². The van der Waals surface area contributed by atoms with E-state index in [-0.39, 0.29) is 25.7 Å². The summed E-state index contributed by atoms with van der Waals surface area (Å²) in [5.74, 6) is 1.08. The summed E-state index contributed by atoms with van der Waals surface area (Å²) in [5, 5.41) is 18.2. The topological polar surface area (TPSA) is 131 Å². The third kappa shape index (κ3) is 6.83. The Morgan fingerprint density at radius 3 is 2.76 bits per heavy atom. The summed E-state index contributed by atoms with van der Waals surface area (Å²) in [6, 6.07) is 4.11. The first-order valence-corrected chi connectivity index (χ1v) is 11.6. The Morgan fingerprint density at radius 2 is 1.94 bits per heavy atom. The largest absolute Gasteiger partial charge is 0.454 e. The van der Waals surface area contributed by atoms with Gasteiger partial charge in [-0.3, -0.25) is 9.69 Å². The minimum absolute atomic E-state index is 0.111. The molecule has 186 valence electrons. The maximum atomic E-state index is 12.4. The number of hydrogen-bond donors (Lipinski definition) is 4. The molecular weight excluding hydrogens is 444 g/mol. The number of aliphatic hydroxyl groups is 1. The Hall–Kier alpha value is -2.86. The first-order valence-electron chi connectivity index (χ1n) is 11.6. The van der Waals surface area contributed by atoms with Crippen molar-refractivity contribution in [3.05, 3.63) is 30.4 Å². The van der Waals surface area contributed by atoms with Crippen LogP contribution in [0.3, 0.4) is 0 Å². The first-order chi connectivity index (χ1) is 16.6. The average Bonchev–Trinajstić information content (AvgIpc) is 3.31. The summed E-state index contributed by atoms with van der Waals surface area (Å²) in [4.78, 5) is 27.0. The standard InChI is InChI=1S/C23H32N4O7/c28-14-21-18(26-23(30)25-16-2-5-19-20(12-16)33-15-32-19)4-3-17(34-21)13-22(29)24-6-1-7-27-8-10-31-11-9-27/h2-5,12,17-18,21,28H,1,6-11,13-15H2,(H,24,29)(H2,25,26,30)/t17-,18+,21+/m1/s1. The number of carbonyl (C=O) groups excluding carboxylic acids is 2. The second-order valence-corrected chi connectivity index (χ2v) is 8.33. The van der Waals surface area contributed by atoms with Crippen molar-refractivity contribution in [3.63, 3.8) is 0 Å². The van der Waals surface area contributed by atoms with Crippen molar-refractivity contribution in [1.29, 1.82) is 0 Å². The van der Waals surface area contributed by atoms with Gasteiger partial charge in [-0.25, -0.2) is 4.79 Å². The van der Waals surface area contributed by atoms with E-state index in [0.717, 1.165) is 39.3 Å². The van der Waals surface area contributed by atoms with Gasteiger partial charge in [0.15, 0.2) is 11.5 Å². The fourth-order valence-electron chi connectivity index (χ4n) is 4.04. The highest BCUT2D eigenvalue weighted by Crippen LogP contribution is 2.34. The third-order valence-electron chi connectivity index (χ3n) is 5.85. The monoisotopic (exact) mass is 476 g/mol. The molecule has 0 unspecified atom stereocenters. The molecule has 11 nitrogen and oxygen atoms in total. The predicted molar refractivity (Wildman–Crippen MR) is 123 cm³/mol. The Bertz CT molecular complexity index is 875. The van der Waals surface area contributed by atoms with Gasteiger partial charge in [0.1, 0.15) is 6.10 Å². The van der Waals surface area contributed by atoms with Gasteiger partial charge in [-0.2, -0.15) is 0 Å². The molecule has 3 aliphatic heterocycles. The normalized spacial score (nSPS) is 24.0. The molecule has 3 atom stereocenters. The number of urea groups is 1. The smallest absolute Gasteiger partial charge is 0.319 e. The highest BCUT2D eigenvalue weighted by molar-refractivity contribution is 5.90. The van der Waals surface area contributed by atoms with E-state index in [0.29, 0.717) is 23.7 Å². The minimum atomic E-state index is -0.661. The van der Waals surface area contributed by atoms with E-state index in [1.165, 1.54) is 0 Å². The van der Waals surface area contributed by atoms with Crippen molar-refractivity contribution in [1.82, 2.24) is 15.5 Å². The highest BCUT2D eigenvalue weighted by Gasteiger charge is 2.29. The van der Waals surface area contributed by atoms with Crippen molar-refractivity contribution < 1.29 is 33.6 Å². The summed E-state index contributed by atoms with van der Waals surface area (Å²) in [7, 11) is 0. The molecule has 0 spiro atoms. The number of nitrogens with zero attached hydrogens (tertiary/aromatic N) is 1. The molecule has 34 heavy (non-hydrogen) atoms. The van der Waals surface area contributed by atoms with Crippen molar-refractivity contribution >= 4 is 17.6 Å². The third-order valence-corrected chi connectivity index (χ3v) is 5.85. The van der Waals surface area contributed by atoms with E-state index in [2.05, 4.69) is 20.9 Å². The number of nitrogens with one attached hydrogen (secondary N) is 3. The van der Waals surface area contributed by atoms with Crippen LogP contribution in [0.15, 0.2) is 30.4 Å². The molecule has 4 N–H and O–H groups in total. The van der Waals surface area contributed by atoms with Crippen LogP contribution in [-0.4, -0.2) is 93.0 Å². The molecule has 0 saturated carbocycles. The number of ether oxygens (including phenoxy) is 4. The summed E-state index contributed by atoms with van der Waals surface area (Å²) in [6.07, 6.45) is 3.39. The Kier molecular flexibility index (Phi) is 8.58. The molecule has 1 aromatic rings. The SMILES string of the molecule is O=C(C[C@H]1C=C[C@H](NC(=O)Nc2ccc3c(c2)OCO3)[C@H](CO)O1)NCCCN1CCOCC1. The number of aliphatic hydroxyl groups excluding tert-OH is 1. The number of hydrogen-bond acceptors (Lipinski definition) is 8. The molecule has 4 rings (SSSR count). The van der Waals surface area contributed by atoms with Crippen LogP contribution in [0.1, 0.15) is 12.8 Å². The molecule has 1 fully saturated rings. The van der Waals surface area contributed by atoms with Crippen LogP contribution >= 0.6 is 0 Å². The molecule has 0 aromatic heterocycles. The fourth-order valence-corrected chi connectivity index (χ4v) is 4.04. The summed E-state index contributed by atoms with van der Waals surface area (Å²) in [6.45, 7) is 4.78. The number of benzene rings is 1. The molecule has 11 heteroatoms. The zero-order chi connectivity index (χ0) is 23.8. The van der Waals surface area contributed by atoms with Gasteiger partial charge in [0.05, 0.1) is 38.4 Å². The number of fused-ring (bicyclic) bond motifs is 1. The minimum Gasteiger partial charge on any atom is -0.454 e. The second kappa shape index (κ2) is 12.0. The number of rotatable bonds is 9. The molecule has 0 radical (unpaired) electrons. The maximum Gasteiger partial charge on any atom is 0.319 e. The summed E-state index contributed by atoms with van der Waals surface area (Å²) in [5.41, 5.74) is 0.547. The molecular formula is C23H32N4O7. The number of amides is 3. The van der Waals surface area contributed by atoms with Crippen molar-refractivity contribution in [2.24, 2.45) is 0 Å². The lowest BCUT2D eigenvalue weighted by Gasteiger charge is -2.31. The van der Waals surface area contributed by atoms with Gasteiger partial charge in [0.2, 0.25) is 12.7 Å². The quantitative estimate of drug-likeness (QED) is 0.299. The number of carbonyl (C=O) groups is 2. The van der Waals surface area contributed by atoms with Crippen LogP contribution in [0.25, 0.3) is 0 Å². The molecule has 1 saturated heterocycles. The van der Waals surface area contributed by atoms with E-state index in [4.69, 9.17) is 18.9 Å². The lowest BCUT2D eigenvalue weighted by Crippen LogP contribution is -2.50. The second-order valence-electron chi connectivity index (χ2n) is 8.33. The number of morpholine rings is 1. The van der Waals surface area contributed by atoms with Crippen molar-refractivity contribution in [2.45, 2.75) is 31.1 Å². The predicted octanol–water partition coefficient (Wildman–Crippen LogP) is 0.450. The molecule has 3 amide bonds. The molecule has 0 aliphatic carbocycles. The van der Waals surface area contributed by atoms with Crippen LogP contribution in [0.5, 0.6) is 11.5 Å². The zero-order valence-electron chi connectivity index (χ0n) is 19.0. The fraction of sp³-hybridized carbons (Fsp3) is 0.565. The van der Waals surface area contributed by atoms with E-state index < -0.39 is 24.3 Å². The van der Waals surface area contributed by atoms with Crippen molar-refractivity contribution in [2.75, 3.05) is 58.1 Å².